The van der Waals surface area contributed by atoms with Crippen molar-refractivity contribution in [1.82, 2.24) is 4.90 Å². The maximum atomic E-state index is 12.9. The van der Waals surface area contributed by atoms with Crippen molar-refractivity contribution in [3.8, 4) is 0 Å². The summed E-state index contributed by atoms with van der Waals surface area (Å²) in [7, 11) is 1.92. The van der Waals surface area contributed by atoms with Gasteiger partial charge in [0.25, 0.3) is 0 Å². The molecule has 1 aliphatic rings. The van der Waals surface area contributed by atoms with Gasteiger partial charge in [-0.25, -0.2) is 0 Å². The van der Waals surface area contributed by atoms with E-state index >= 15 is 0 Å². The molecular formula is C16H32N2O2. The van der Waals surface area contributed by atoms with Crippen molar-refractivity contribution < 1.29 is 9.53 Å². The van der Waals surface area contributed by atoms with Crippen molar-refractivity contribution >= 4 is 5.91 Å². The van der Waals surface area contributed by atoms with Crippen LogP contribution in [-0.2, 0) is 9.53 Å². The molecule has 118 valence electrons. The maximum Gasteiger partial charge on any atom is 0.229 e. The Kier molecular flexibility index (Phi) is 7.52. The second-order valence-corrected chi connectivity index (χ2v) is 6.25. The second kappa shape index (κ2) is 8.63. The Hall–Kier alpha value is -0.610. The first-order chi connectivity index (χ1) is 9.59. The molecule has 0 radical (unpaired) electrons. The lowest BCUT2D eigenvalue weighted by atomic mass is 9.77. The third kappa shape index (κ3) is 4.45. The van der Waals surface area contributed by atoms with E-state index < -0.39 is 0 Å². The van der Waals surface area contributed by atoms with Crippen LogP contribution in [0.4, 0.5) is 0 Å². The lowest BCUT2D eigenvalue weighted by Crippen LogP contribution is -2.48. The van der Waals surface area contributed by atoms with Gasteiger partial charge in [0.2, 0.25) is 5.91 Å². The Morgan fingerprint density at radius 2 is 2.00 bits per heavy atom. The van der Waals surface area contributed by atoms with Crippen LogP contribution in [0.1, 0.15) is 52.4 Å². The summed E-state index contributed by atoms with van der Waals surface area (Å²) in [5.74, 6) is 0.714. The number of rotatable bonds is 8. The number of nitrogens with two attached hydrogens (primary N) is 1. The predicted molar refractivity (Wildman–Crippen MR) is 82.5 cm³/mol. The van der Waals surface area contributed by atoms with Gasteiger partial charge < -0.3 is 15.4 Å². The van der Waals surface area contributed by atoms with Crippen LogP contribution in [0.15, 0.2) is 0 Å². The minimum atomic E-state index is -0.353. The van der Waals surface area contributed by atoms with Crippen LogP contribution in [0.2, 0.25) is 0 Å². The highest BCUT2D eigenvalue weighted by molar-refractivity contribution is 5.82. The molecular weight excluding hydrogens is 252 g/mol. The zero-order valence-corrected chi connectivity index (χ0v) is 13.5. The Labute approximate surface area is 124 Å². The van der Waals surface area contributed by atoms with Gasteiger partial charge in [-0.05, 0) is 31.6 Å². The molecule has 1 fully saturated rings. The summed E-state index contributed by atoms with van der Waals surface area (Å²) in [4.78, 5) is 14.8. The summed E-state index contributed by atoms with van der Waals surface area (Å²) >= 11 is 0. The lowest BCUT2D eigenvalue weighted by Gasteiger charge is -2.36. The normalized spacial score (nSPS) is 19.9. The van der Waals surface area contributed by atoms with Crippen LogP contribution in [-0.4, -0.2) is 44.2 Å². The molecule has 1 unspecified atom stereocenters. The fourth-order valence-electron chi connectivity index (χ4n) is 3.41. The van der Waals surface area contributed by atoms with E-state index in [1.807, 2.05) is 11.9 Å². The molecule has 1 atom stereocenters. The highest BCUT2D eigenvalue weighted by Gasteiger charge is 2.37. The second-order valence-electron chi connectivity index (χ2n) is 6.25. The summed E-state index contributed by atoms with van der Waals surface area (Å²) in [5, 5.41) is 0. The number of hydrogen-bond acceptors (Lipinski definition) is 3. The molecule has 1 aliphatic heterocycles. The first kappa shape index (κ1) is 17.4. The lowest BCUT2D eigenvalue weighted by molar-refractivity contribution is -0.142. The van der Waals surface area contributed by atoms with Crippen molar-refractivity contribution in [2.45, 2.75) is 52.4 Å². The maximum absolute atomic E-state index is 12.9. The van der Waals surface area contributed by atoms with Crippen LogP contribution >= 0.6 is 0 Å². The van der Waals surface area contributed by atoms with E-state index in [-0.39, 0.29) is 11.3 Å². The Balaban J connectivity index is 2.66. The summed E-state index contributed by atoms with van der Waals surface area (Å²) in [6.07, 6.45) is 6.06. The molecule has 1 heterocycles. The Morgan fingerprint density at radius 1 is 1.35 bits per heavy atom. The number of amides is 1. The molecule has 0 aromatic rings. The van der Waals surface area contributed by atoms with Crippen molar-refractivity contribution in [1.29, 1.82) is 0 Å². The van der Waals surface area contributed by atoms with E-state index in [9.17, 15) is 4.79 Å². The highest BCUT2D eigenvalue weighted by atomic mass is 16.5. The number of nitrogens with zero attached hydrogens (tertiary/aromatic N) is 1. The standard InChI is InChI=1S/C16H32N2O2/c1-4-8-16(13-17,9-5-2)15(19)18(3)11-14-7-6-10-20-12-14/h14H,4-13,17H2,1-3H3. The third-order valence-corrected chi connectivity index (χ3v) is 4.43. The molecule has 0 bridgehead atoms. The third-order valence-electron chi connectivity index (χ3n) is 4.43. The topological polar surface area (TPSA) is 55.6 Å². The summed E-state index contributed by atoms with van der Waals surface area (Å²) in [6.45, 7) is 7.17. The zero-order chi connectivity index (χ0) is 15.0. The van der Waals surface area contributed by atoms with Crippen LogP contribution in [0.3, 0.4) is 0 Å². The predicted octanol–water partition coefficient (Wildman–Crippen LogP) is 2.42. The SMILES string of the molecule is CCCC(CN)(CCC)C(=O)N(C)CC1CCCOC1. The molecule has 1 rings (SSSR count). The van der Waals surface area contributed by atoms with Gasteiger partial charge in [-0.1, -0.05) is 26.7 Å². The van der Waals surface area contributed by atoms with E-state index in [4.69, 9.17) is 10.5 Å². The average molecular weight is 284 g/mol. The smallest absolute Gasteiger partial charge is 0.229 e. The largest absolute Gasteiger partial charge is 0.381 e. The summed E-state index contributed by atoms with van der Waals surface area (Å²) in [5.41, 5.74) is 5.63. The average Bonchev–Trinajstić information content (AvgIpc) is 2.47. The number of carbonyl (C=O) groups excluding carboxylic acids is 1. The molecule has 0 saturated carbocycles. The van der Waals surface area contributed by atoms with Crippen molar-refractivity contribution in [2.75, 3.05) is 33.4 Å². The molecule has 2 N–H and O–H groups in total. The zero-order valence-electron chi connectivity index (χ0n) is 13.5. The minimum absolute atomic E-state index is 0.231. The van der Waals surface area contributed by atoms with E-state index in [1.165, 1.54) is 0 Å². The van der Waals surface area contributed by atoms with Crippen LogP contribution < -0.4 is 5.73 Å². The molecule has 20 heavy (non-hydrogen) atoms. The number of hydrogen-bond donors (Lipinski definition) is 1. The van der Waals surface area contributed by atoms with Crippen LogP contribution in [0.25, 0.3) is 0 Å². The van der Waals surface area contributed by atoms with E-state index in [0.29, 0.717) is 12.5 Å². The fraction of sp³-hybridized carbons (Fsp3) is 0.938. The van der Waals surface area contributed by atoms with E-state index in [2.05, 4.69) is 13.8 Å². The highest BCUT2D eigenvalue weighted by Crippen LogP contribution is 2.31. The molecule has 1 saturated heterocycles. The van der Waals surface area contributed by atoms with Gasteiger partial charge in [0, 0.05) is 26.7 Å². The van der Waals surface area contributed by atoms with Gasteiger partial charge in [0.1, 0.15) is 0 Å². The monoisotopic (exact) mass is 284 g/mol. The van der Waals surface area contributed by atoms with Crippen molar-refractivity contribution in [2.24, 2.45) is 17.1 Å². The van der Waals surface area contributed by atoms with Crippen molar-refractivity contribution in [3.63, 3.8) is 0 Å². The van der Waals surface area contributed by atoms with E-state index in [0.717, 1.165) is 58.3 Å². The Bertz CT molecular complexity index is 282. The van der Waals surface area contributed by atoms with Gasteiger partial charge in [0.05, 0.1) is 12.0 Å². The number of ether oxygens (including phenoxy) is 1. The van der Waals surface area contributed by atoms with Crippen LogP contribution in [0, 0.1) is 11.3 Å². The fourth-order valence-corrected chi connectivity index (χ4v) is 3.41. The molecule has 0 aromatic carbocycles. The minimum Gasteiger partial charge on any atom is -0.381 e. The molecule has 4 nitrogen and oxygen atoms in total. The van der Waals surface area contributed by atoms with Gasteiger partial charge in [-0.15, -0.1) is 0 Å². The van der Waals surface area contributed by atoms with Crippen molar-refractivity contribution in [3.05, 3.63) is 0 Å². The summed E-state index contributed by atoms with van der Waals surface area (Å²) in [6, 6.07) is 0. The molecule has 0 aromatic heterocycles. The molecule has 0 aliphatic carbocycles. The molecule has 1 amide bonds. The summed E-state index contributed by atoms with van der Waals surface area (Å²) < 4.78 is 5.51. The van der Waals surface area contributed by atoms with E-state index in [1.54, 1.807) is 0 Å². The molecule has 0 spiro atoms. The first-order valence-electron chi connectivity index (χ1n) is 8.13. The van der Waals surface area contributed by atoms with Gasteiger partial charge in [-0.3, -0.25) is 4.79 Å². The van der Waals surface area contributed by atoms with Crippen LogP contribution in [0.5, 0.6) is 0 Å². The number of carbonyl (C=O) groups is 1. The van der Waals surface area contributed by atoms with Gasteiger partial charge >= 0.3 is 0 Å². The Morgan fingerprint density at radius 3 is 2.45 bits per heavy atom. The quantitative estimate of drug-likeness (QED) is 0.744. The molecule has 4 heteroatoms. The first-order valence-corrected chi connectivity index (χ1v) is 8.13. The van der Waals surface area contributed by atoms with Gasteiger partial charge in [-0.2, -0.15) is 0 Å². The van der Waals surface area contributed by atoms with Gasteiger partial charge in [0.15, 0.2) is 0 Å².